The van der Waals surface area contributed by atoms with E-state index in [9.17, 15) is 18.0 Å². The van der Waals surface area contributed by atoms with Gasteiger partial charge in [-0.05, 0) is 62.5 Å². The van der Waals surface area contributed by atoms with E-state index in [1.54, 1.807) is 0 Å². The smallest absolute Gasteiger partial charge is 0.295 e. The van der Waals surface area contributed by atoms with E-state index in [2.05, 4.69) is 5.10 Å². The summed E-state index contributed by atoms with van der Waals surface area (Å²) in [5, 5.41) is 2.99. The standard InChI is InChI=1S/C18H19F3N2O/c19-18(20,21)14-3-1-2-4-16(14)23-17(24)13(9-11-5-6-11)15(22-23)10-12-7-8-12/h1-4,11-12,22H,5-10H2. The van der Waals surface area contributed by atoms with Crippen molar-refractivity contribution in [2.45, 2.75) is 44.7 Å². The van der Waals surface area contributed by atoms with Crippen LogP contribution >= 0.6 is 0 Å². The monoisotopic (exact) mass is 336 g/mol. The number of aromatic nitrogens is 2. The fourth-order valence-corrected chi connectivity index (χ4v) is 3.20. The van der Waals surface area contributed by atoms with Crippen molar-refractivity contribution in [3.05, 3.63) is 51.4 Å². The predicted octanol–water partition coefficient (Wildman–Crippen LogP) is 4.09. The maximum Gasteiger partial charge on any atom is 0.418 e. The summed E-state index contributed by atoms with van der Waals surface area (Å²) in [6.45, 7) is 0. The van der Waals surface area contributed by atoms with E-state index < -0.39 is 11.7 Å². The summed E-state index contributed by atoms with van der Waals surface area (Å²) in [6.07, 6.45) is 1.43. The van der Waals surface area contributed by atoms with Crippen LogP contribution in [-0.4, -0.2) is 9.78 Å². The van der Waals surface area contributed by atoms with Crippen molar-refractivity contribution in [3.63, 3.8) is 0 Å². The number of H-pyrrole nitrogens is 1. The van der Waals surface area contributed by atoms with Gasteiger partial charge in [0, 0.05) is 11.3 Å². The van der Waals surface area contributed by atoms with Crippen LogP contribution in [0.1, 0.15) is 42.5 Å². The Bertz CT molecular complexity index is 810. The lowest BCUT2D eigenvalue weighted by Gasteiger charge is -2.12. The van der Waals surface area contributed by atoms with Crippen LogP contribution in [-0.2, 0) is 19.0 Å². The zero-order valence-corrected chi connectivity index (χ0v) is 13.2. The number of hydrogen-bond acceptors (Lipinski definition) is 1. The SMILES string of the molecule is O=c1c(CC2CC2)c(CC2CC2)[nH]n1-c1ccccc1C(F)(F)F. The number of aromatic amines is 1. The molecule has 3 nitrogen and oxygen atoms in total. The van der Waals surface area contributed by atoms with E-state index in [4.69, 9.17) is 0 Å². The summed E-state index contributed by atoms with van der Waals surface area (Å²) < 4.78 is 40.9. The molecule has 0 radical (unpaired) electrons. The largest absolute Gasteiger partial charge is 0.418 e. The van der Waals surface area contributed by atoms with E-state index in [1.807, 2.05) is 0 Å². The van der Waals surface area contributed by atoms with Crippen LogP contribution < -0.4 is 5.56 Å². The first-order valence-corrected chi connectivity index (χ1v) is 8.43. The van der Waals surface area contributed by atoms with Gasteiger partial charge in [-0.1, -0.05) is 12.1 Å². The van der Waals surface area contributed by atoms with E-state index >= 15 is 0 Å². The minimum atomic E-state index is -4.49. The molecule has 2 aliphatic carbocycles. The molecule has 1 aromatic carbocycles. The quantitative estimate of drug-likeness (QED) is 0.877. The first kappa shape index (κ1) is 15.5. The number of rotatable bonds is 5. The zero-order valence-electron chi connectivity index (χ0n) is 13.2. The molecule has 0 atom stereocenters. The number of nitrogens with zero attached hydrogens (tertiary/aromatic N) is 1. The van der Waals surface area contributed by atoms with Gasteiger partial charge >= 0.3 is 6.18 Å². The highest BCUT2D eigenvalue weighted by Gasteiger charge is 2.35. The Hall–Kier alpha value is -1.98. The Labute approximate surface area is 137 Å². The Kier molecular flexibility index (Phi) is 3.58. The van der Waals surface area contributed by atoms with E-state index in [1.165, 1.54) is 18.2 Å². The molecular weight excluding hydrogens is 317 g/mol. The molecule has 2 saturated carbocycles. The van der Waals surface area contributed by atoms with Gasteiger partial charge in [0.1, 0.15) is 0 Å². The Balaban J connectivity index is 1.80. The summed E-state index contributed by atoms with van der Waals surface area (Å²) in [5.74, 6) is 1.07. The maximum atomic E-state index is 13.3. The third kappa shape index (κ3) is 3.01. The molecule has 1 N–H and O–H groups in total. The Morgan fingerprint density at radius 2 is 1.67 bits per heavy atom. The van der Waals surface area contributed by atoms with Crippen molar-refractivity contribution in [2.75, 3.05) is 0 Å². The number of para-hydroxylation sites is 1. The second kappa shape index (κ2) is 5.53. The van der Waals surface area contributed by atoms with Gasteiger partial charge in [0.05, 0.1) is 11.3 Å². The minimum absolute atomic E-state index is 0.117. The number of nitrogens with one attached hydrogen (secondary N) is 1. The lowest BCUT2D eigenvalue weighted by molar-refractivity contribution is -0.137. The highest BCUT2D eigenvalue weighted by atomic mass is 19.4. The second-order valence-electron chi connectivity index (χ2n) is 7.02. The maximum absolute atomic E-state index is 13.3. The summed E-state index contributed by atoms with van der Waals surface area (Å²) in [7, 11) is 0. The van der Waals surface area contributed by atoms with Crippen molar-refractivity contribution in [1.29, 1.82) is 0 Å². The van der Waals surface area contributed by atoms with Gasteiger partial charge in [0.2, 0.25) is 0 Å². The molecule has 0 amide bonds. The van der Waals surface area contributed by atoms with Gasteiger partial charge in [-0.2, -0.15) is 13.2 Å². The fraction of sp³-hybridized carbons (Fsp3) is 0.500. The van der Waals surface area contributed by atoms with Crippen molar-refractivity contribution < 1.29 is 13.2 Å². The van der Waals surface area contributed by atoms with Crippen LogP contribution in [0.15, 0.2) is 29.1 Å². The van der Waals surface area contributed by atoms with Crippen LogP contribution in [0.2, 0.25) is 0 Å². The summed E-state index contributed by atoms with van der Waals surface area (Å²) >= 11 is 0. The van der Waals surface area contributed by atoms with E-state index in [-0.39, 0.29) is 11.2 Å². The van der Waals surface area contributed by atoms with Crippen LogP contribution in [0.5, 0.6) is 0 Å². The van der Waals surface area contributed by atoms with Crippen molar-refractivity contribution in [3.8, 4) is 5.69 Å². The molecular formula is C18H19F3N2O. The van der Waals surface area contributed by atoms with Crippen molar-refractivity contribution in [1.82, 2.24) is 9.78 Å². The molecule has 24 heavy (non-hydrogen) atoms. The topological polar surface area (TPSA) is 37.8 Å². The van der Waals surface area contributed by atoms with E-state index in [0.717, 1.165) is 48.5 Å². The molecule has 0 unspecified atom stereocenters. The number of alkyl halides is 3. The molecule has 0 spiro atoms. The molecule has 6 heteroatoms. The van der Waals surface area contributed by atoms with Crippen LogP contribution in [0.3, 0.4) is 0 Å². The molecule has 4 rings (SSSR count). The Morgan fingerprint density at radius 3 is 2.29 bits per heavy atom. The molecule has 128 valence electrons. The predicted molar refractivity (Wildman–Crippen MR) is 84.2 cm³/mol. The normalized spacial score (nSPS) is 18.1. The first-order valence-electron chi connectivity index (χ1n) is 8.43. The average Bonchev–Trinajstić information content (AvgIpc) is 3.42. The third-order valence-corrected chi connectivity index (χ3v) is 4.90. The van der Waals surface area contributed by atoms with Crippen molar-refractivity contribution in [2.24, 2.45) is 11.8 Å². The first-order chi connectivity index (χ1) is 11.4. The second-order valence-corrected chi connectivity index (χ2v) is 7.02. The number of halogens is 3. The number of benzene rings is 1. The molecule has 1 aromatic heterocycles. The molecule has 0 saturated heterocycles. The Morgan fingerprint density at radius 1 is 1.04 bits per heavy atom. The van der Waals surface area contributed by atoms with Gasteiger partial charge in [-0.25, -0.2) is 4.68 Å². The molecule has 1 heterocycles. The molecule has 2 aromatic rings. The molecule has 2 aliphatic rings. The zero-order chi connectivity index (χ0) is 16.9. The van der Waals surface area contributed by atoms with E-state index in [0.29, 0.717) is 23.8 Å². The van der Waals surface area contributed by atoms with Gasteiger partial charge in [-0.3, -0.25) is 9.89 Å². The van der Waals surface area contributed by atoms with Gasteiger partial charge < -0.3 is 0 Å². The third-order valence-electron chi connectivity index (χ3n) is 4.90. The van der Waals surface area contributed by atoms with Crippen LogP contribution in [0.4, 0.5) is 13.2 Å². The highest BCUT2D eigenvalue weighted by molar-refractivity contribution is 5.43. The minimum Gasteiger partial charge on any atom is -0.295 e. The van der Waals surface area contributed by atoms with Crippen LogP contribution in [0.25, 0.3) is 5.69 Å². The fourth-order valence-electron chi connectivity index (χ4n) is 3.20. The van der Waals surface area contributed by atoms with Gasteiger partial charge in [0.15, 0.2) is 0 Å². The summed E-state index contributed by atoms with van der Waals surface area (Å²) in [5.41, 5.74) is 0.278. The lowest BCUT2D eigenvalue weighted by atomic mass is 10.1. The average molecular weight is 336 g/mol. The highest BCUT2D eigenvalue weighted by Crippen LogP contribution is 2.37. The molecule has 0 aliphatic heterocycles. The van der Waals surface area contributed by atoms with Crippen LogP contribution in [0, 0.1) is 11.8 Å². The lowest BCUT2D eigenvalue weighted by Crippen LogP contribution is -2.21. The van der Waals surface area contributed by atoms with Crippen molar-refractivity contribution >= 4 is 0 Å². The van der Waals surface area contributed by atoms with Gasteiger partial charge in [0.25, 0.3) is 5.56 Å². The van der Waals surface area contributed by atoms with Gasteiger partial charge in [-0.15, -0.1) is 0 Å². The molecule has 0 bridgehead atoms. The summed E-state index contributed by atoms with van der Waals surface area (Å²) in [6, 6.07) is 5.24. The number of hydrogen-bond donors (Lipinski definition) is 1. The molecule has 2 fully saturated rings. The summed E-state index contributed by atoms with van der Waals surface area (Å²) in [4.78, 5) is 12.8.